The van der Waals surface area contributed by atoms with Crippen LogP contribution in [0.2, 0.25) is 0 Å². The van der Waals surface area contributed by atoms with Crippen molar-refractivity contribution < 1.29 is 5.11 Å². The molecule has 0 saturated heterocycles. The molecule has 0 saturated carbocycles. The lowest BCUT2D eigenvalue weighted by Crippen LogP contribution is -2.20. The second-order valence-electron chi connectivity index (χ2n) is 3.19. The Kier molecular flexibility index (Phi) is 6.73. The zero-order chi connectivity index (χ0) is 10.2. The summed E-state index contributed by atoms with van der Waals surface area (Å²) in [6.45, 7) is 5.83. The molecule has 0 aromatic carbocycles. The summed E-state index contributed by atoms with van der Waals surface area (Å²) in [4.78, 5) is 0. The van der Waals surface area contributed by atoms with E-state index < -0.39 is 5.60 Å². The van der Waals surface area contributed by atoms with Gasteiger partial charge in [-0.15, -0.1) is 0 Å². The molecule has 1 nitrogen and oxygen atoms in total. The van der Waals surface area contributed by atoms with E-state index in [1.54, 1.807) is 11.3 Å². The van der Waals surface area contributed by atoms with Gasteiger partial charge in [-0.05, 0) is 31.9 Å². The van der Waals surface area contributed by atoms with E-state index in [2.05, 4.69) is 0 Å². The second kappa shape index (κ2) is 6.98. The van der Waals surface area contributed by atoms with Crippen molar-refractivity contribution in [3.05, 3.63) is 29.0 Å². The first kappa shape index (κ1) is 12.5. The first-order chi connectivity index (χ1) is 6.12. The minimum absolute atomic E-state index is 0.417. The predicted octanol–water partition coefficient (Wildman–Crippen LogP) is 3.59. The molecule has 0 aliphatic rings. The van der Waals surface area contributed by atoms with E-state index in [0.29, 0.717) is 0 Å². The highest BCUT2D eigenvalue weighted by atomic mass is 32.1. The van der Waals surface area contributed by atoms with Crippen LogP contribution >= 0.6 is 11.3 Å². The molecule has 0 atom stereocenters. The van der Waals surface area contributed by atoms with E-state index in [9.17, 15) is 0 Å². The normalized spacial score (nSPS) is 10.2. The van der Waals surface area contributed by atoms with Crippen LogP contribution in [-0.4, -0.2) is 10.7 Å². The highest BCUT2D eigenvalue weighted by Crippen LogP contribution is 2.11. The average molecular weight is 199 g/mol. The molecule has 1 rings (SSSR count). The molecule has 0 spiro atoms. The van der Waals surface area contributed by atoms with Gasteiger partial charge in [0.1, 0.15) is 0 Å². The van der Waals surface area contributed by atoms with Crippen LogP contribution < -0.4 is 0 Å². The molecule has 1 aromatic rings. The van der Waals surface area contributed by atoms with Gasteiger partial charge in [0.25, 0.3) is 0 Å². The van der Waals surface area contributed by atoms with Crippen molar-refractivity contribution in [1.29, 1.82) is 0 Å². The fourth-order valence-corrected chi connectivity index (χ4v) is 0.995. The molecule has 0 aliphatic heterocycles. The van der Waals surface area contributed by atoms with Gasteiger partial charge in [-0.1, -0.05) is 19.9 Å². The average Bonchev–Trinajstić information content (AvgIpc) is 2.21. The van der Waals surface area contributed by atoms with Gasteiger partial charge in [0, 0.05) is 0 Å². The van der Waals surface area contributed by atoms with Crippen LogP contribution in [0.3, 0.4) is 0 Å². The van der Waals surface area contributed by atoms with Gasteiger partial charge in [0.05, 0.1) is 5.60 Å². The fourth-order valence-electron chi connectivity index (χ4n) is 0.541. The molecule has 1 heterocycles. The molecule has 0 aliphatic carbocycles. The lowest BCUT2D eigenvalue weighted by atomic mass is 10.0. The van der Waals surface area contributed by atoms with Crippen LogP contribution in [-0.2, 0) is 0 Å². The summed E-state index contributed by atoms with van der Waals surface area (Å²) in [5.41, 5.74) is -0.417. The summed E-state index contributed by atoms with van der Waals surface area (Å²) in [7, 11) is 0. The maximum absolute atomic E-state index is 9.13. The van der Waals surface area contributed by atoms with Crippen LogP contribution in [0.4, 0.5) is 0 Å². The van der Waals surface area contributed by atoms with E-state index in [1.807, 2.05) is 49.7 Å². The molecule has 0 bridgehead atoms. The molecule has 74 valence electrons. The molecule has 0 unspecified atom stereocenters. The Labute approximate surface area is 85.1 Å². The van der Waals surface area contributed by atoms with E-state index in [4.69, 9.17) is 5.11 Å². The Bertz CT molecular complexity index is 164. The minimum atomic E-state index is -0.417. The Balaban J connectivity index is 0.000000223. The molecule has 13 heavy (non-hydrogen) atoms. The lowest BCUT2D eigenvalue weighted by molar-refractivity contribution is 0.0521. The van der Waals surface area contributed by atoms with Crippen LogP contribution in [0, 0.1) is 0 Å². The molecule has 1 aromatic heterocycles. The van der Waals surface area contributed by atoms with Gasteiger partial charge in [-0.2, -0.15) is 0 Å². The predicted molar refractivity (Wildman–Crippen MR) is 59.9 cm³/mol. The molecule has 0 amide bonds. The maximum Gasteiger partial charge on any atom is 0.211 e. The third kappa shape index (κ3) is 7.88. The van der Waals surface area contributed by atoms with Crippen molar-refractivity contribution in [2.75, 3.05) is 0 Å². The van der Waals surface area contributed by atoms with Crippen molar-refractivity contribution in [2.45, 2.75) is 39.2 Å². The Morgan fingerprint density at radius 2 is 1.54 bits per heavy atom. The van der Waals surface area contributed by atoms with Gasteiger partial charge in [-0.3, -0.25) is 0 Å². The number of hydrogen-bond donors (Lipinski definition) is 1. The van der Waals surface area contributed by atoms with Crippen molar-refractivity contribution >= 4 is 11.3 Å². The molecular formula is C11H19OS+. The summed E-state index contributed by atoms with van der Waals surface area (Å²) >= 11 is 1.70. The third-order valence-corrected chi connectivity index (χ3v) is 2.69. The fraction of sp³-hybridized carbons (Fsp3) is 0.545. The first-order valence-corrected chi connectivity index (χ1v) is 5.59. The maximum atomic E-state index is 9.13. The monoisotopic (exact) mass is 199 g/mol. The van der Waals surface area contributed by atoms with Crippen molar-refractivity contribution in [3.8, 4) is 0 Å². The smallest absolute Gasteiger partial charge is 0.211 e. The topological polar surface area (TPSA) is 20.2 Å². The summed E-state index contributed by atoms with van der Waals surface area (Å²) in [5.74, 6) is 0. The minimum Gasteiger partial charge on any atom is -0.390 e. The Morgan fingerprint density at radius 3 is 1.62 bits per heavy atom. The first-order valence-electron chi connectivity index (χ1n) is 4.65. The van der Waals surface area contributed by atoms with Crippen LogP contribution in [0.5, 0.6) is 0 Å². The molecule has 2 heteroatoms. The highest BCUT2D eigenvalue weighted by molar-refractivity contribution is 7.07. The van der Waals surface area contributed by atoms with E-state index in [1.165, 1.54) is 0 Å². The Hall–Kier alpha value is -0.470. The SMILES string of the molecule is CCC(C)(O)CC.c1cc[s+]cc1. The van der Waals surface area contributed by atoms with Gasteiger partial charge < -0.3 is 5.11 Å². The van der Waals surface area contributed by atoms with Gasteiger partial charge in [-0.25, -0.2) is 0 Å². The van der Waals surface area contributed by atoms with Crippen molar-refractivity contribution in [1.82, 2.24) is 0 Å². The standard InChI is InChI=1S/C6H14O.C5H5S/c1-4-6(3,7)5-2;1-2-4-6-5-3-1/h7H,4-5H2,1-3H3;1-5H/q;+1. The zero-order valence-electron chi connectivity index (χ0n) is 8.66. The molecular weight excluding hydrogens is 180 g/mol. The van der Waals surface area contributed by atoms with Gasteiger partial charge >= 0.3 is 0 Å². The van der Waals surface area contributed by atoms with E-state index in [-0.39, 0.29) is 0 Å². The summed E-state index contributed by atoms with van der Waals surface area (Å²) in [5, 5.41) is 13.2. The van der Waals surface area contributed by atoms with Crippen LogP contribution in [0.25, 0.3) is 0 Å². The highest BCUT2D eigenvalue weighted by Gasteiger charge is 2.12. The lowest BCUT2D eigenvalue weighted by Gasteiger charge is -2.17. The quantitative estimate of drug-likeness (QED) is 0.722. The van der Waals surface area contributed by atoms with Crippen LogP contribution in [0.15, 0.2) is 29.0 Å². The number of aliphatic hydroxyl groups is 1. The van der Waals surface area contributed by atoms with E-state index >= 15 is 0 Å². The number of rotatable bonds is 2. The van der Waals surface area contributed by atoms with Crippen molar-refractivity contribution in [3.63, 3.8) is 0 Å². The van der Waals surface area contributed by atoms with Crippen molar-refractivity contribution in [2.24, 2.45) is 0 Å². The second-order valence-corrected chi connectivity index (χ2v) is 4.01. The van der Waals surface area contributed by atoms with Gasteiger partial charge in [0.15, 0.2) is 10.8 Å². The van der Waals surface area contributed by atoms with Gasteiger partial charge in [0.2, 0.25) is 11.3 Å². The summed E-state index contributed by atoms with van der Waals surface area (Å²) < 4.78 is 0. The molecule has 0 fully saturated rings. The molecule has 0 radical (unpaired) electrons. The molecule has 1 N–H and O–H groups in total. The number of hydrogen-bond acceptors (Lipinski definition) is 1. The summed E-state index contributed by atoms with van der Waals surface area (Å²) in [6, 6.07) is 6.05. The Morgan fingerprint density at radius 1 is 1.08 bits per heavy atom. The summed E-state index contributed by atoms with van der Waals surface area (Å²) in [6.07, 6.45) is 1.70. The van der Waals surface area contributed by atoms with Crippen LogP contribution in [0.1, 0.15) is 33.6 Å². The van der Waals surface area contributed by atoms with E-state index in [0.717, 1.165) is 12.8 Å². The third-order valence-electron chi connectivity index (χ3n) is 2.06. The zero-order valence-corrected chi connectivity index (χ0v) is 9.47. The largest absolute Gasteiger partial charge is 0.390 e.